The molecule has 0 radical (unpaired) electrons. The number of aromatic nitrogens is 3. The van der Waals surface area contributed by atoms with Crippen LogP contribution in [0.2, 0.25) is 0 Å². The Hall–Kier alpha value is -2.25. The van der Waals surface area contributed by atoms with Crippen LogP contribution in [-0.2, 0) is 7.05 Å². The predicted molar refractivity (Wildman–Crippen MR) is 103 cm³/mol. The Bertz CT molecular complexity index is 911. The van der Waals surface area contributed by atoms with Crippen LogP contribution in [0.15, 0.2) is 24.4 Å². The number of hydrogen-bond donors (Lipinski definition) is 0. The zero-order valence-electron chi connectivity index (χ0n) is 15.3. The minimum atomic E-state index is -0.101. The molecule has 0 aliphatic heterocycles. The van der Waals surface area contributed by atoms with Gasteiger partial charge in [-0.2, -0.15) is 5.10 Å². The van der Waals surface area contributed by atoms with Gasteiger partial charge in [0.25, 0.3) is 5.91 Å². The molecule has 0 aliphatic carbocycles. The van der Waals surface area contributed by atoms with Crippen molar-refractivity contribution >= 4 is 32.6 Å². The summed E-state index contributed by atoms with van der Waals surface area (Å²) in [5.74, 6) is -0.101. The Morgan fingerprint density at radius 1 is 1.24 bits per heavy atom. The van der Waals surface area contributed by atoms with Gasteiger partial charge in [-0.05, 0) is 45.6 Å². The number of likely N-dealkylation sites (N-methyl/N-ethyl adjacent to an activating group) is 1. The minimum Gasteiger partial charge on any atom is -0.308 e. The number of nitrogens with zero attached hydrogens (tertiary/aromatic N) is 5. The molecule has 7 heteroatoms. The molecule has 1 aromatic carbocycles. The molecule has 0 bridgehead atoms. The molecule has 3 aromatic rings. The maximum atomic E-state index is 13.1. The first-order valence-electron chi connectivity index (χ1n) is 8.19. The lowest BCUT2D eigenvalue weighted by atomic mass is 10.2. The molecular formula is C18H23N5OS. The lowest BCUT2D eigenvalue weighted by Crippen LogP contribution is -2.37. The van der Waals surface area contributed by atoms with Gasteiger partial charge in [0, 0.05) is 31.9 Å². The first kappa shape index (κ1) is 17.6. The average Bonchev–Trinajstić information content (AvgIpc) is 3.09. The van der Waals surface area contributed by atoms with Crippen molar-refractivity contribution in [3.8, 4) is 0 Å². The lowest BCUT2D eigenvalue weighted by Gasteiger charge is -2.21. The summed E-state index contributed by atoms with van der Waals surface area (Å²) in [5.41, 5.74) is 3.47. The van der Waals surface area contributed by atoms with Gasteiger partial charge in [-0.25, -0.2) is 4.98 Å². The molecule has 0 unspecified atom stereocenters. The summed E-state index contributed by atoms with van der Waals surface area (Å²) in [7, 11) is 5.82. The number of aryl methyl sites for hydroxylation is 3. The monoisotopic (exact) mass is 357 g/mol. The van der Waals surface area contributed by atoms with Crippen LogP contribution in [0.1, 0.15) is 21.6 Å². The van der Waals surface area contributed by atoms with Crippen molar-refractivity contribution in [3.63, 3.8) is 0 Å². The summed E-state index contributed by atoms with van der Waals surface area (Å²) in [6.07, 6.45) is 1.86. The Balaban J connectivity index is 2.00. The summed E-state index contributed by atoms with van der Waals surface area (Å²) in [5, 5.41) is 5.06. The van der Waals surface area contributed by atoms with Crippen LogP contribution < -0.4 is 4.90 Å². The molecule has 1 amide bonds. The van der Waals surface area contributed by atoms with E-state index in [1.54, 1.807) is 20.9 Å². The van der Waals surface area contributed by atoms with E-state index in [-0.39, 0.29) is 5.91 Å². The summed E-state index contributed by atoms with van der Waals surface area (Å²) < 4.78 is 2.77. The van der Waals surface area contributed by atoms with Crippen LogP contribution in [0.5, 0.6) is 0 Å². The number of carbonyl (C=O) groups is 1. The van der Waals surface area contributed by atoms with Gasteiger partial charge < -0.3 is 4.90 Å². The van der Waals surface area contributed by atoms with Crippen molar-refractivity contribution < 1.29 is 4.79 Å². The smallest absolute Gasteiger partial charge is 0.280 e. The molecule has 6 nitrogen and oxygen atoms in total. The van der Waals surface area contributed by atoms with Crippen LogP contribution in [0.4, 0.5) is 5.13 Å². The number of thiazole rings is 1. The zero-order valence-corrected chi connectivity index (χ0v) is 16.1. The second kappa shape index (κ2) is 6.93. The van der Waals surface area contributed by atoms with Gasteiger partial charge in [-0.1, -0.05) is 17.4 Å². The molecule has 25 heavy (non-hydrogen) atoms. The normalized spacial score (nSPS) is 11.4. The summed E-state index contributed by atoms with van der Waals surface area (Å²) in [6.45, 7) is 5.30. The molecule has 3 rings (SSSR count). The van der Waals surface area contributed by atoms with Gasteiger partial charge in [0.15, 0.2) is 10.8 Å². The lowest BCUT2D eigenvalue weighted by molar-refractivity contribution is 0.0979. The average molecular weight is 357 g/mol. The fraction of sp³-hybridized carbons (Fsp3) is 0.389. The first-order valence-corrected chi connectivity index (χ1v) is 9.01. The number of anilines is 1. The molecule has 0 atom stereocenters. The van der Waals surface area contributed by atoms with E-state index in [9.17, 15) is 4.79 Å². The van der Waals surface area contributed by atoms with Gasteiger partial charge in [0.2, 0.25) is 0 Å². The Labute approximate surface area is 151 Å². The highest BCUT2D eigenvalue weighted by molar-refractivity contribution is 7.22. The van der Waals surface area contributed by atoms with Crippen molar-refractivity contribution in [2.75, 3.05) is 32.1 Å². The molecule has 0 fully saturated rings. The number of rotatable bonds is 5. The van der Waals surface area contributed by atoms with Crippen LogP contribution in [-0.4, -0.2) is 52.8 Å². The van der Waals surface area contributed by atoms with Crippen LogP contribution in [0, 0.1) is 13.8 Å². The van der Waals surface area contributed by atoms with E-state index in [0.717, 1.165) is 27.5 Å². The van der Waals surface area contributed by atoms with E-state index in [4.69, 9.17) is 0 Å². The third kappa shape index (κ3) is 3.72. The van der Waals surface area contributed by atoms with E-state index in [2.05, 4.69) is 28.0 Å². The Kier molecular flexibility index (Phi) is 4.87. The molecule has 2 aromatic heterocycles. The number of carbonyl (C=O) groups excluding carboxylic acids is 1. The van der Waals surface area contributed by atoms with Crippen molar-refractivity contribution in [2.24, 2.45) is 7.05 Å². The summed E-state index contributed by atoms with van der Waals surface area (Å²) >= 11 is 1.55. The van der Waals surface area contributed by atoms with Crippen LogP contribution in [0.25, 0.3) is 10.2 Å². The largest absolute Gasteiger partial charge is 0.308 e. The minimum absolute atomic E-state index is 0.101. The van der Waals surface area contributed by atoms with E-state index >= 15 is 0 Å². The predicted octanol–water partition coefficient (Wildman–Crippen LogP) is 2.86. The summed E-state index contributed by atoms with van der Waals surface area (Å²) in [6, 6.07) is 6.16. The van der Waals surface area contributed by atoms with Crippen LogP contribution in [0.3, 0.4) is 0 Å². The highest BCUT2D eigenvalue weighted by Crippen LogP contribution is 2.30. The molecule has 0 aliphatic rings. The van der Waals surface area contributed by atoms with Crippen molar-refractivity contribution in [1.82, 2.24) is 19.7 Å². The fourth-order valence-electron chi connectivity index (χ4n) is 2.67. The highest BCUT2D eigenvalue weighted by atomic mass is 32.1. The highest BCUT2D eigenvalue weighted by Gasteiger charge is 2.24. The second-order valence-electron chi connectivity index (χ2n) is 6.56. The third-order valence-corrected chi connectivity index (χ3v) is 5.03. The van der Waals surface area contributed by atoms with Gasteiger partial charge >= 0.3 is 0 Å². The van der Waals surface area contributed by atoms with E-state index in [0.29, 0.717) is 12.2 Å². The third-order valence-electron chi connectivity index (χ3n) is 3.99. The van der Waals surface area contributed by atoms with Crippen molar-refractivity contribution in [2.45, 2.75) is 13.8 Å². The van der Waals surface area contributed by atoms with E-state index in [1.807, 2.05) is 46.4 Å². The van der Waals surface area contributed by atoms with Crippen LogP contribution >= 0.6 is 11.3 Å². The van der Waals surface area contributed by atoms with E-state index < -0.39 is 0 Å². The number of hydrogen-bond acceptors (Lipinski definition) is 5. The zero-order chi connectivity index (χ0) is 18.1. The molecule has 132 valence electrons. The summed E-state index contributed by atoms with van der Waals surface area (Å²) in [4.78, 5) is 21.6. The molecule has 0 saturated heterocycles. The SMILES string of the molecule is Cc1ccc2nc(N(CCN(C)C)C(=O)c3nn(C)cc3C)sc2c1. The maximum Gasteiger partial charge on any atom is 0.280 e. The molecule has 0 saturated carbocycles. The standard InChI is InChI=1S/C18H23N5OS/c1-12-6-7-14-15(10-12)25-18(19-14)23(9-8-21(3)4)17(24)16-13(2)11-22(5)20-16/h6-7,10-11H,8-9H2,1-5H3. The van der Waals surface area contributed by atoms with Crippen molar-refractivity contribution in [1.29, 1.82) is 0 Å². The molecule has 0 spiro atoms. The van der Waals surface area contributed by atoms with Gasteiger partial charge in [0.1, 0.15) is 0 Å². The first-order chi connectivity index (χ1) is 11.8. The quantitative estimate of drug-likeness (QED) is 0.705. The molecular weight excluding hydrogens is 334 g/mol. The maximum absolute atomic E-state index is 13.1. The Morgan fingerprint density at radius 3 is 2.64 bits per heavy atom. The van der Waals surface area contributed by atoms with Gasteiger partial charge in [-0.15, -0.1) is 0 Å². The van der Waals surface area contributed by atoms with E-state index in [1.165, 1.54) is 5.56 Å². The number of fused-ring (bicyclic) bond motifs is 1. The van der Waals surface area contributed by atoms with Crippen molar-refractivity contribution in [3.05, 3.63) is 41.2 Å². The van der Waals surface area contributed by atoms with Gasteiger partial charge in [0.05, 0.1) is 10.2 Å². The number of benzene rings is 1. The topological polar surface area (TPSA) is 54.3 Å². The second-order valence-corrected chi connectivity index (χ2v) is 7.57. The molecule has 2 heterocycles. The fourth-order valence-corrected chi connectivity index (χ4v) is 3.75. The molecule has 0 N–H and O–H groups in total. The Morgan fingerprint density at radius 2 is 2.00 bits per heavy atom. The number of amides is 1. The van der Waals surface area contributed by atoms with Gasteiger partial charge in [-0.3, -0.25) is 14.4 Å².